The van der Waals surface area contributed by atoms with E-state index in [-0.39, 0.29) is 66.9 Å². The predicted octanol–water partition coefficient (Wildman–Crippen LogP) is 4.84. The zero-order valence-electron chi connectivity index (χ0n) is 43.9. The molecule has 3 aromatic carbocycles. The number of fused-ring (bicyclic) bond motifs is 3. The van der Waals surface area contributed by atoms with Gasteiger partial charge >= 0.3 is 5.97 Å². The highest BCUT2D eigenvalue weighted by atomic mass is 32.2. The van der Waals surface area contributed by atoms with E-state index in [1.54, 1.807) is 46.7 Å². The normalized spacial score (nSPS) is 22.3. The molecule has 0 bridgehead atoms. The van der Waals surface area contributed by atoms with Crippen molar-refractivity contribution in [2.45, 2.75) is 165 Å². The number of carbonyl (C=O) groups excluding carboxylic acids is 6. The molecule has 2 heterocycles. The molecule has 73 heavy (non-hydrogen) atoms. The van der Waals surface area contributed by atoms with Crippen LogP contribution in [-0.4, -0.2) is 124 Å². The van der Waals surface area contributed by atoms with E-state index in [2.05, 4.69) is 44.0 Å². The average molecular weight is 1020 g/mol. The van der Waals surface area contributed by atoms with Crippen molar-refractivity contribution in [3.8, 4) is 0 Å². The maximum absolute atomic E-state index is 15.4. The van der Waals surface area contributed by atoms with E-state index in [0.717, 1.165) is 78.1 Å². The molecule has 7 N–H and O–H groups in total. The van der Waals surface area contributed by atoms with Crippen LogP contribution in [0.4, 0.5) is 0 Å². The van der Waals surface area contributed by atoms with E-state index in [9.17, 15) is 29.1 Å². The zero-order chi connectivity index (χ0) is 52.9. The number of hydrogen-bond acceptors (Lipinski definition) is 10. The summed E-state index contributed by atoms with van der Waals surface area (Å²) in [5, 5.41) is 28.1. The van der Waals surface area contributed by atoms with Gasteiger partial charge in [-0.15, -0.1) is 11.8 Å². The lowest BCUT2D eigenvalue weighted by Gasteiger charge is -2.42. The van der Waals surface area contributed by atoms with Crippen LogP contribution < -0.4 is 31.9 Å². The summed E-state index contributed by atoms with van der Waals surface area (Å²) in [6, 6.07) is 16.4. The van der Waals surface area contributed by atoms with Crippen LogP contribution in [0, 0.1) is 5.41 Å². The van der Waals surface area contributed by atoms with Crippen LogP contribution in [-0.2, 0) is 59.4 Å². The molecule has 2 aliphatic carbocycles. The first-order chi connectivity index (χ1) is 34.6. The van der Waals surface area contributed by atoms with Crippen molar-refractivity contribution in [2.24, 2.45) is 5.41 Å². The number of rotatable bonds is 17. The van der Waals surface area contributed by atoms with Gasteiger partial charge in [-0.25, -0.2) is 0 Å². The number of thioether (sulfide) groups is 1. The first-order valence-electron chi connectivity index (χ1n) is 25.9. The molecular formula is C56H76N8O8S. The van der Waals surface area contributed by atoms with Gasteiger partial charge in [-0.3, -0.25) is 33.6 Å². The van der Waals surface area contributed by atoms with Gasteiger partial charge in [-0.2, -0.15) is 0 Å². The lowest BCUT2D eigenvalue weighted by molar-refractivity contribution is -0.145. The number of carboxylic acid groups (broad SMARTS) is 1. The van der Waals surface area contributed by atoms with Gasteiger partial charge in [0.05, 0.1) is 29.9 Å². The molecule has 0 saturated carbocycles. The molecule has 17 heteroatoms. The third-order valence-corrected chi connectivity index (χ3v) is 16.9. The van der Waals surface area contributed by atoms with Crippen LogP contribution in [0.15, 0.2) is 66.7 Å². The van der Waals surface area contributed by atoms with Crippen molar-refractivity contribution in [1.29, 1.82) is 0 Å². The maximum atomic E-state index is 15.4. The van der Waals surface area contributed by atoms with Crippen molar-refractivity contribution in [3.63, 3.8) is 0 Å². The van der Waals surface area contributed by atoms with Gasteiger partial charge < -0.3 is 46.8 Å². The molecular weight excluding hydrogens is 945 g/mol. The molecule has 3 aromatic rings. The van der Waals surface area contributed by atoms with Crippen LogP contribution in [0.25, 0.3) is 0 Å². The van der Waals surface area contributed by atoms with Crippen molar-refractivity contribution < 1.29 is 38.7 Å². The molecule has 5 unspecified atom stereocenters. The quantitative estimate of drug-likeness (QED) is 0.0971. The lowest BCUT2D eigenvalue weighted by Crippen LogP contribution is -2.63. The van der Waals surface area contributed by atoms with Crippen LogP contribution >= 0.6 is 11.8 Å². The van der Waals surface area contributed by atoms with Crippen LogP contribution in [0.1, 0.15) is 138 Å². The van der Waals surface area contributed by atoms with Crippen LogP contribution in [0.3, 0.4) is 0 Å². The first kappa shape index (κ1) is 55.0. The Bertz CT molecular complexity index is 2560. The smallest absolute Gasteiger partial charge is 0.313 e. The standard InChI is InChI=1S/C56H76N8O8S/c1-32(57-8)49(67)61-47(55(3,4)5)53(71)63-30-39(28-45(63)52(70)60-43-23-15-19-35-17-11-13-21-41(35)43)36-24-25-37-27-44(51(69)59-42-22-14-18-34-16-10-12-20-40(34)42)64(29-38(37)26-36)54(72)48(62-50(68)33(2)58-9)56(6,7)73-31-46(65)66/h10-13,16-17,20-21,24-26,32-33,39,42-45,47-48,57-58H,14-15,18-19,22-23,27-31H2,1-9H3,(H,59,69)(H,60,70)(H,61,67)(H,62,68)(H,65,66)/t32-,33-,39?,42?,43?,44-,45-,47?,48?/m0/s1. The highest BCUT2D eigenvalue weighted by Gasteiger charge is 2.48. The Balaban J connectivity index is 1.24. The molecule has 1 saturated heterocycles. The minimum atomic E-state index is -1.23. The Morgan fingerprint density at radius 1 is 0.671 bits per heavy atom. The first-order valence-corrected chi connectivity index (χ1v) is 26.9. The Kier molecular flexibility index (Phi) is 17.5. The zero-order valence-corrected chi connectivity index (χ0v) is 44.7. The number of likely N-dealkylation sites (tertiary alicyclic amines) is 1. The third-order valence-electron chi connectivity index (χ3n) is 15.5. The number of benzene rings is 3. The van der Waals surface area contributed by atoms with Gasteiger partial charge in [0.2, 0.25) is 35.4 Å². The molecule has 0 spiro atoms. The number of nitrogens with one attached hydrogen (secondary N) is 6. The summed E-state index contributed by atoms with van der Waals surface area (Å²) < 4.78 is -1.13. The summed E-state index contributed by atoms with van der Waals surface area (Å²) in [7, 11) is 3.31. The second kappa shape index (κ2) is 23.2. The molecule has 4 aliphatic rings. The van der Waals surface area contributed by atoms with Gasteiger partial charge in [0.25, 0.3) is 0 Å². The molecule has 16 nitrogen and oxygen atoms in total. The van der Waals surface area contributed by atoms with Gasteiger partial charge in [0.1, 0.15) is 24.2 Å². The number of hydrogen-bond donors (Lipinski definition) is 7. The Labute approximate surface area is 434 Å². The number of carboxylic acids is 1. The Hall–Kier alpha value is -5.78. The topological polar surface area (TPSA) is 218 Å². The summed E-state index contributed by atoms with van der Waals surface area (Å²) in [5.41, 5.74) is 6.22. The highest BCUT2D eigenvalue weighted by Crippen LogP contribution is 2.39. The Morgan fingerprint density at radius 2 is 1.19 bits per heavy atom. The summed E-state index contributed by atoms with van der Waals surface area (Å²) in [6.45, 7) is 12.7. The number of aliphatic carboxylic acids is 1. The van der Waals surface area contributed by atoms with Crippen LogP contribution in [0.2, 0.25) is 0 Å². The molecule has 2 aliphatic heterocycles. The van der Waals surface area contributed by atoms with Crippen molar-refractivity contribution >= 4 is 53.2 Å². The average Bonchev–Trinajstić information content (AvgIpc) is 3.83. The number of amides is 6. The van der Waals surface area contributed by atoms with E-state index in [4.69, 9.17) is 0 Å². The van der Waals surface area contributed by atoms with E-state index in [0.29, 0.717) is 6.42 Å². The van der Waals surface area contributed by atoms with Gasteiger partial charge in [0.15, 0.2) is 0 Å². The molecule has 9 atom stereocenters. The van der Waals surface area contributed by atoms with Gasteiger partial charge in [-0.1, -0.05) is 87.5 Å². The van der Waals surface area contributed by atoms with E-state index < -0.39 is 64.2 Å². The second-order valence-corrected chi connectivity index (χ2v) is 23.6. The van der Waals surface area contributed by atoms with E-state index in [1.165, 1.54) is 16.0 Å². The number of aryl methyl sites for hydroxylation is 2. The van der Waals surface area contributed by atoms with Crippen molar-refractivity contribution in [2.75, 3.05) is 26.4 Å². The number of carbonyl (C=O) groups is 7. The fourth-order valence-electron chi connectivity index (χ4n) is 10.9. The van der Waals surface area contributed by atoms with E-state index >= 15 is 9.59 Å². The number of likely N-dealkylation sites (N-methyl/N-ethyl adjacent to an activating group) is 2. The molecule has 7 rings (SSSR count). The fraction of sp³-hybridized carbons (Fsp3) is 0.554. The van der Waals surface area contributed by atoms with Crippen molar-refractivity contribution in [3.05, 3.63) is 106 Å². The van der Waals surface area contributed by atoms with Gasteiger partial charge in [0, 0.05) is 30.2 Å². The third kappa shape index (κ3) is 12.6. The molecule has 1 fully saturated rings. The lowest BCUT2D eigenvalue weighted by atomic mass is 9.85. The summed E-state index contributed by atoms with van der Waals surface area (Å²) in [5.74, 6) is -4.00. The predicted molar refractivity (Wildman–Crippen MR) is 282 cm³/mol. The largest absolute Gasteiger partial charge is 0.481 e. The molecule has 0 radical (unpaired) electrons. The summed E-state index contributed by atoms with van der Waals surface area (Å²) >= 11 is 1.03. The van der Waals surface area contributed by atoms with E-state index in [1.807, 2.05) is 75.4 Å². The van der Waals surface area contributed by atoms with Crippen molar-refractivity contribution in [1.82, 2.24) is 41.7 Å². The molecule has 6 amide bonds. The summed E-state index contributed by atoms with van der Waals surface area (Å²) in [6.07, 6.45) is 5.57. The van der Waals surface area contributed by atoms with Crippen LogP contribution in [0.5, 0.6) is 0 Å². The highest BCUT2D eigenvalue weighted by molar-refractivity contribution is 8.01. The monoisotopic (exact) mass is 1020 g/mol. The number of nitrogens with zero attached hydrogens (tertiary/aromatic N) is 2. The maximum Gasteiger partial charge on any atom is 0.313 e. The molecule has 0 aromatic heterocycles. The molecule has 394 valence electrons. The summed E-state index contributed by atoms with van der Waals surface area (Å²) in [4.78, 5) is 102. The second-order valence-electron chi connectivity index (χ2n) is 22.0. The minimum absolute atomic E-state index is 0.00285. The Morgan fingerprint density at radius 3 is 1.73 bits per heavy atom. The fourth-order valence-corrected chi connectivity index (χ4v) is 11.7. The minimum Gasteiger partial charge on any atom is -0.481 e. The SMILES string of the molecule is CN[C@@H](C)C(=O)NC(C(=O)N1CC(c2ccc3c(c2)CN(C(=O)C(NC(=O)[C@H](C)NC)C(C)(C)SCC(=O)O)[C@H](C(=O)NC2CCCc4ccccc42)C3)C[C@H]1C(=O)NC1CCCc2ccccc21)C(C)(C)C. The van der Waals surface area contributed by atoms with Gasteiger partial charge in [-0.05, 0) is 131 Å².